The van der Waals surface area contributed by atoms with Crippen LogP contribution in [0.4, 0.5) is 0 Å². The van der Waals surface area contributed by atoms with Crippen molar-refractivity contribution in [1.82, 2.24) is 15.0 Å². The van der Waals surface area contributed by atoms with Crippen molar-refractivity contribution in [2.75, 3.05) is 0 Å². The lowest BCUT2D eigenvalue weighted by Crippen LogP contribution is -2.26. The molecule has 1 aromatic heterocycles. The Kier molecular flexibility index (Phi) is 5.78. The molecule has 138 valence electrons. The van der Waals surface area contributed by atoms with Crippen LogP contribution in [0.3, 0.4) is 0 Å². The average Bonchev–Trinajstić information content (AvgIpc) is 2.71. The van der Waals surface area contributed by atoms with Crippen LogP contribution in [0.2, 0.25) is 0 Å². The zero-order chi connectivity index (χ0) is 19.2. The first kappa shape index (κ1) is 18.5. The number of amides is 1. The summed E-state index contributed by atoms with van der Waals surface area (Å²) in [5.74, 6) is 0.117. The first-order chi connectivity index (χ1) is 13.1. The largest absolute Gasteiger partial charge is 0.296 e. The molecule has 0 fully saturated rings. The maximum atomic E-state index is 13.0. The molecule has 6 heteroatoms. The Morgan fingerprint density at radius 1 is 1.22 bits per heavy atom. The van der Waals surface area contributed by atoms with Crippen molar-refractivity contribution in [2.45, 2.75) is 26.3 Å². The third kappa shape index (κ3) is 4.30. The van der Waals surface area contributed by atoms with Crippen molar-refractivity contribution in [3.63, 3.8) is 0 Å². The molecule has 27 heavy (non-hydrogen) atoms. The Morgan fingerprint density at radius 2 is 2.00 bits per heavy atom. The number of hydrogen-bond donors (Lipinski definition) is 2. The third-order valence-electron chi connectivity index (χ3n) is 4.38. The molecule has 0 aliphatic heterocycles. The Labute approximate surface area is 156 Å². The highest BCUT2D eigenvalue weighted by Crippen LogP contribution is 2.14. The van der Waals surface area contributed by atoms with Crippen molar-refractivity contribution in [1.29, 1.82) is 0 Å². The fourth-order valence-corrected chi connectivity index (χ4v) is 2.98. The van der Waals surface area contributed by atoms with Gasteiger partial charge < -0.3 is 0 Å². The Morgan fingerprint density at radius 3 is 2.70 bits per heavy atom. The highest BCUT2D eigenvalue weighted by Gasteiger charge is 2.10. The summed E-state index contributed by atoms with van der Waals surface area (Å²) in [5.41, 5.74) is 3.98. The summed E-state index contributed by atoms with van der Waals surface area (Å²) in [6.45, 7) is 2.55. The van der Waals surface area contributed by atoms with E-state index in [0.29, 0.717) is 23.9 Å². The number of nitrogens with one attached hydrogen (secondary N) is 1. The molecule has 0 aliphatic carbocycles. The van der Waals surface area contributed by atoms with Gasteiger partial charge in [-0.05, 0) is 35.8 Å². The highest BCUT2D eigenvalue weighted by molar-refractivity contribution is 5.91. The van der Waals surface area contributed by atoms with E-state index in [1.54, 1.807) is 34.3 Å². The topological polar surface area (TPSA) is 84.2 Å². The van der Waals surface area contributed by atoms with E-state index in [2.05, 4.69) is 4.98 Å². The van der Waals surface area contributed by atoms with Crippen molar-refractivity contribution >= 4 is 22.9 Å². The molecule has 0 spiro atoms. The number of hydroxylamine groups is 1. The van der Waals surface area contributed by atoms with Crippen LogP contribution in [0, 0.1) is 0 Å². The van der Waals surface area contributed by atoms with Gasteiger partial charge in [-0.2, -0.15) is 0 Å². The lowest BCUT2D eigenvalue weighted by atomic mass is 10.1. The van der Waals surface area contributed by atoms with E-state index in [1.165, 1.54) is 11.6 Å². The average molecular weight is 363 g/mol. The highest BCUT2D eigenvalue weighted by atomic mass is 16.5. The predicted molar refractivity (Wildman–Crippen MR) is 104 cm³/mol. The number of carbonyl (C=O) groups excluding carboxylic acids is 1. The molecule has 0 unspecified atom stereocenters. The number of fused-ring (bicyclic) bond motifs is 1. The first-order valence-corrected chi connectivity index (χ1v) is 8.82. The summed E-state index contributed by atoms with van der Waals surface area (Å²) in [4.78, 5) is 28.7. The Bertz CT molecular complexity index is 1040. The second kappa shape index (κ2) is 8.42. The van der Waals surface area contributed by atoms with E-state index in [9.17, 15) is 9.59 Å². The van der Waals surface area contributed by atoms with Gasteiger partial charge in [0.15, 0.2) is 0 Å². The molecule has 2 aromatic carbocycles. The van der Waals surface area contributed by atoms with Crippen LogP contribution >= 0.6 is 0 Å². The monoisotopic (exact) mass is 363 g/mol. The number of carbonyl (C=O) groups is 1. The molecule has 1 amide bonds. The number of nitrogens with zero attached hydrogens (tertiary/aromatic N) is 2. The quantitative estimate of drug-likeness (QED) is 0.401. The molecule has 0 aliphatic rings. The lowest BCUT2D eigenvalue weighted by Gasteiger charge is -2.13. The summed E-state index contributed by atoms with van der Waals surface area (Å²) < 4.78 is 1.74. The molecule has 1 heterocycles. The normalized spacial score (nSPS) is 11.2. The van der Waals surface area contributed by atoms with Gasteiger partial charge in [0, 0.05) is 19.0 Å². The van der Waals surface area contributed by atoms with Gasteiger partial charge in [-0.1, -0.05) is 43.3 Å². The van der Waals surface area contributed by atoms with E-state index in [4.69, 9.17) is 5.21 Å². The minimum atomic E-state index is -0.617. The van der Waals surface area contributed by atoms with Crippen LogP contribution in [0.15, 0.2) is 59.4 Å². The van der Waals surface area contributed by atoms with Crippen molar-refractivity contribution in [3.8, 4) is 0 Å². The summed E-state index contributed by atoms with van der Waals surface area (Å²) in [7, 11) is 0. The number of aryl methyl sites for hydroxylation is 2. The van der Waals surface area contributed by atoms with Gasteiger partial charge in [0.1, 0.15) is 5.82 Å². The number of hydrogen-bond acceptors (Lipinski definition) is 4. The molecule has 3 rings (SSSR count). The summed E-state index contributed by atoms with van der Waals surface area (Å²) in [6.07, 6.45) is 4.17. The van der Waals surface area contributed by atoms with Gasteiger partial charge in [-0.3, -0.25) is 19.4 Å². The number of aromatic nitrogens is 2. The first-order valence-electron chi connectivity index (χ1n) is 8.82. The van der Waals surface area contributed by atoms with Crippen molar-refractivity contribution < 1.29 is 10.0 Å². The summed E-state index contributed by atoms with van der Waals surface area (Å²) >= 11 is 0. The van der Waals surface area contributed by atoms with Crippen LogP contribution in [0.5, 0.6) is 0 Å². The van der Waals surface area contributed by atoms with Gasteiger partial charge in [0.05, 0.1) is 10.9 Å². The maximum absolute atomic E-state index is 13.0. The molecule has 6 nitrogen and oxygen atoms in total. The van der Waals surface area contributed by atoms with Crippen LogP contribution < -0.4 is 11.0 Å². The van der Waals surface area contributed by atoms with Gasteiger partial charge in [0.25, 0.3) is 11.5 Å². The molecular formula is C21H21N3O3. The minimum absolute atomic E-state index is 0.0589. The SMILES string of the molecule is CCc1nc2cc(/C=C/C(=O)NO)ccc2c(=O)n1CCc1ccccc1. The summed E-state index contributed by atoms with van der Waals surface area (Å²) in [6, 6.07) is 15.3. The van der Waals surface area contributed by atoms with Crippen LogP contribution in [0.25, 0.3) is 17.0 Å². The standard InChI is InChI=1S/C21H21N3O3/c1-2-19-22-18-14-16(9-11-20(25)23-27)8-10-17(18)21(26)24(19)13-12-15-6-4-3-5-7-15/h3-11,14,27H,2,12-13H2,1H3,(H,23,25)/b11-9+. The molecule has 2 N–H and O–H groups in total. The van der Waals surface area contributed by atoms with Gasteiger partial charge >= 0.3 is 0 Å². The maximum Gasteiger partial charge on any atom is 0.267 e. The zero-order valence-electron chi connectivity index (χ0n) is 15.1. The predicted octanol–water partition coefficient (Wildman–Crippen LogP) is 2.72. The van der Waals surface area contributed by atoms with Crippen LogP contribution in [0.1, 0.15) is 23.9 Å². The van der Waals surface area contributed by atoms with Crippen molar-refractivity contribution in [3.05, 3.63) is 81.9 Å². The fraction of sp³-hybridized carbons (Fsp3) is 0.190. The minimum Gasteiger partial charge on any atom is -0.296 e. The molecule has 0 radical (unpaired) electrons. The molecular weight excluding hydrogens is 342 g/mol. The number of benzene rings is 2. The third-order valence-corrected chi connectivity index (χ3v) is 4.38. The van der Waals surface area contributed by atoms with Crippen LogP contribution in [-0.2, 0) is 24.2 Å². The van der Waals surface area contributed by atoms with E-state index in [-0.39, 0.29) is 5.56 Å². The Hall–Kier alpha value is -3.25. The molecule has 0 saturated heterocycles. The molecule has 3 aromatic rings. The second-order valence-corrected chi connectivity index (χ2v) is 6.16. The molecule has 0 saturated carbocycles. The smallest absolute Gasteiger partial charge is 0.267 e. The van der Waals surface area contributed by atoms with E-state index < -0.39 is 5.91 Å². The van der Waals surface area contributed by atoms with E-state index in [0.717, 1.165) is 17.8 Å². The van der Waals surface area contributed by atoms with E-state index >= 15 is 0 Å². The fourth-order valence-electron chi connectivity index (χ4n) is 2.98. The van der Waals surface area contributed by atoms with Gasteiger partial charge in [-0.15, -0.1) is 0 Å². The van der Waals surface area contributed by atoms with Gasteiger partial charge in [0.2, 0.25) is 0 Å². The van der Waals surface area contributed by atoms with Gasteiger partial charge in [-0.25, -0.2) is 10.5 Å². The lowest BCUT2D eigenvalue weighted by molar-refractivity contribution is -0.124. The summed E-state index contributed by atoms with van der Waals surface area (Å²) in [5, 5.41) is 9.09. The zero-order valence-corrected chi connectivity index (χ0v) is 15.1. The molecule has 0 atom stereocenters. The van der Waals surface area contributed by atoms with E-state index in [1.807, 2.05) is 37.3 Å². The van der Waals surface area contributed by atoms with Crippen LogP contribution in [-0.4, -0.2) is 20.7 Å². The second-order valence-electron chi connectivity index (χ2n) is 6.16. The van der Waals surface area contributed by atoms with Crippen molar-refractivity contribution in [2.24, 2.45) is 0 Å². The Balaban J connectivity index is 1.96. The molecule has 0 bridgehead atoms. The number of rotatable bonds is 6.